The molecule has 1 aromatic heterocycles. The zero-order chi connectivity index (χ0) is 17.8. The largest absolute Gasteiger partial charge is 0.377 e. The molecule has 3 rings (SSSR count). The zero-order valence-corrected chi connectivity index (χ0v) is 16.0. The number of pyridine rings is 1. The summed E-state index contributed by atoms with van der Waals surface area (Å²) >= 11 is 0. The SMILES string of the molecule is CCCCC[n+]1c2cc(CNC)ccc2cc2ccc(N(C)C)cc21. The minimum atomic E-state index is 0.903. The van der Waals surface area contributed by atoms with Gasteiger partial charge in [-0.25, -0.2) is 0 Å². The highest BCUT2D eigenvalue weighted by Crippen LogP contribution is 2.23. The summed E-state index contributed by atoms with van der Waals surface area (Å²) in [7, 11) is 6.21. The lowest BCUT2D eigenvalue weighted by Crippen LogP contribution is -2.36. The fourth-order valence-corrected chi connectivity index (χ4v) is 3.48. The van der Waals surface area contributed by atoms with E-state index < -0.39 is 0 Å². The molecule has 3 nitrogen and oxygen atoms in total. The summed E-state index contributed by atoms with van der Waals surface area (Å²) in [6.45, 7) is 4.24. The van der Waals surface area contributed by atoms with Crippen LogP contribution >= 0.6 is 0 Å². The first-order valence-corrected chi connectivity index (χ1v) is 9.35. The summed E-state index contributed by atoms with van der Waals surface area (Å²) in [5.74, 6) is 0. The highest BCUT2D eigenvalue weighted by molar-refractivity contribution is 5.90. The third-order valence-electron chi connectivity index (χ3n) is 4.88. The maximum atomic E-state index is 3.27. The van der Waals surface area contributed by atoms with Crippen molar-refractivity contribution in [1.82, 2.24) is 5.32 Å². The van der Waals surface area contributed by atoms with Crippen LogP contribution in [0, 0.1) is 0 Å². The van der Waals surface area contributed by atoms with Crippen molar-refractivity contribution < 1.29 is 4.57 Å². The molecule has 0 saturated carbocycles. The Morgan fingerprint density at radius 2 is 1.64 bits per heavy atom. The van der Waals surface area contributed by atoms with Crippen molar-refractivity contribution in [1.29, 1.82) is 0 Å². The van der Waals surface area contributed by atoms with Crippen LogP contribution in [0.15, 0.2) is 42.5 Å². The first kappa shape index (κ1) is 17.7. The fraction of sp³-hybridized carbons (Fsp3) is 0.409. The van der Waals surface area contributed by atoms with E-state index in [4.69, 9.17) is 0 Å². The van der Waals surface area contributed by atoms with Crippen LogP contribution in [0.1, 0.15) is 31.7 Å². The van der Waals surface area contributed by atoms with Crippen LogP contribution in [0.2, 0.25) is 0 Å². The lowest BCUT2D eigenvalue weighted by Gasteiger charge is -2.13. The van der Waals surface area contributed by atoms with Crippen LogP contribution in [0.4, 0.5) is 5.69 Å². The minimum absolute atomic E-state index is 0.903. The monoisotopic (exact) mass is 336 g/mol. The van der Waals surface area contributed by atoms with Crippen molar-refractivity contribution >= 4 is 27.5 Å². The molecule has 1 N–H and O–H groups in total. The second kappa shape index (κ2) is 7.83. The first-order valence-electron chi connectivity index (χ1n) is 9.35. The quantitative estimate of drug-likeness (QED) is 0.395. The van der Waals surface area contributed by atoms with Gasteiger partial charge in [0, 0.05) is 55.7 Å². The number of nitrogens with zero attached hydrogens (tertiary/aromatic N) is 2. The number of unbranched alkanes of at least 4 members (excludes halogenated alkanes) is 2. The van der Waals surface area contributed by atoms with Gasteiger partial charge in [-0.1, -0.05) is 19.4 Å². The van der Waals surface area contributed by atoms with Gasteiger partial charge in [0.15, 0.2) is 0 Å². The molecule has 0 spiro atoms. The maximum Gasteiger partial charge on any atom is 0.215 e. The molecular weight excluding hydrogens is 306 g/mol. The normalized spacial score (nSPS) is 11.4. The molecular formula is C22H30N3+. The number of benzene rings is 2. The summed E-state index contributed by atoms with van der Waals surface area (Å²) in [5, 5.41) is 5.90. The molecule has 132 valence electrons. The predicted octanol–water partition coefficient (Wildman–Crippen LogP) is 4.26. The number of hydrogen-bond donors (Lipinski definition) is 1. The Labute approximate surface area is 151 Å². The number of aryl methyl sites for hydroxylation is 1. The molecule has 0 atom stereocenters. The molecule has 25 heavy (non-hydrogen) atoms. The Hall–Kier alpha value is -2.13. The molecule has 0 amide bonds. The Balaban J connectivity index is 2.22. The molecule has 0 saturated heterocycles. The third-order valence-corrected chi connectivity index (χ3v) is 4.88. The van der Waals surface area contributed by atoms with Gasteiger partial charge < -0.3 is 10.2 Å². The summed E-state index contributed by atoms with van der Waals surface area (Å²) < 4.78 is 2.52. The van der Waals surface area contributed by atoms with E-state index in [0.717, 1.165) is 13.1 Å². The molecule has 3 heteroatoms. The second-order valence-electron chi connectivity index (χ2n) is 7.06. The number of nitrogens with one attached hydrogen (secondary N) is 1. The number of aromatic nitrogens is 1. The summed E-state index contributed by atoms with van der Waals surface area (Å²) in [4.78, 5) is 2.18. The van der Waals surface area contributed by atoms with Gasteiger partial charge in [0.2, 0.25) is 11.0 Å². The van der Waals surface area contributed by atoms with E-state index in [1.807, 2.05) is 7.05 Å². The lowest BCUT2D eigenvalue weighted by molar-refractivity contribution is -0.645. The Bertz CT molecular complexity index is 868. The topological polar surface area (TPSA) is 19.1 Å². The van der Waals surface area contributed by atoms with Crippen molar-refractivity contribution in [3.05, 3.63) is 48.0 Å². The molecule has 0 bridgehead atoms. The number of hydrogen-bond acceptors (Lipinski definition) is 2. The van der Waals surface area contributed by atoms with Gasteiger partial charge in [0.05, 0.1) is 0 Å². The van der Waals surface area contributed by atoms with E-state index in [0.29, 0.717) is 0 Å². The molecule has 0 aliphatic carbocycles. The number of fused-ring (bicyclic) bond motifs is 2. The molecule has 3 aromatic rings. The Morgan fingerprint density at radius 1 is 0.920 bits per heavy atom. The average Bonchev–Trinajstić information content (AvgIpc) is 2.61. The van der Waals surface area contributed by atoms with Gasteiger partial charge in [0.25, 0.3) is 0 Å². The standard InChI is InChI=1S/C22H30N3/c1-5-6-7-12-25-21-13-17(16-23-2)8-9-18(21)14-19-10-11-20(24(3)4)15-22(19)25/h8-11,13-15,23H,5-7,12,16H2,1-4H3/q+1. The smallest absolute Gasteiger partial charge is 0.215 e. The van der Waals surface area contributed by atoms with E-state index in [1.54, 1.807) is 0 Å². The van der Waals surface area contributed by atoms with Crippen molar-refractivity contribution in [2.45, 2.75) is 39.3 Å². The van der Waals surface area contributed by atoms with Gasteiger partial charge in [-0.2, -0.15) is 4.57 Å². The van der Waals surface area contributed by atoms with Gasteiger partial charge in [-0.05, 0) is 43.3 Å². The van der Waals surface area contributed by atoms with E-state index >= 15 is 0 Å². The third kappa shape index (κ3) is 3.77. The Morgan fingerprint density at radius 3 is 2.32 bits per heavy atom. The number of anilines is 1. The molecule has 0 fully saturated rings. The van der Waals surface area contributed by atoms with Crippen molar-refractivity contribution in [3.8, 4) is 0 Å². The number of rotatable bonds is 7. The van der Waals surface area contributed by atoms with Crippen LogP contribution < -0.4 is 14.8 Å². The molecule has 0 aliphatic rings. The van der Waals surface area contributed by atoms with Crippen LogP contribution in [0.3, 0.4) is 0 Å². The predicted molar refractivity (Wildman–Crippen MR) is 108 cm³/mol. The van der Waals surface area contributed by atoms with Crippen molar-refractivity contribution in [2.75, 3.05) is 26.0 Å². The van der Waals surface area contributed by atoms with E-state index in [2.05, 4.69) is 78.3 Å². The van der Waals surface area contributed by atoms with Crippen molar-refractivity contribution in [2.24, 2.45) is 0 Å². The van der Waals surface area contributed by atoms with Gasteiger partial charge in [-0.15, -0.1) is 0 Å². The summed E-state index contributed by atoms with van der Waals surface area (Å²) in [5.41, 5.74) is 5.26. The van der Waals surface area contributed by atoms with Crippen LogP contribution in [0.25, 0.3) is 21.8 Å². The van der Waals surface area contributed by atoms with Crippen LogP contribution in [-0.4, -0.2) is 21.1 Å². The molecule has 0 unspecified atom stereocenters. The van der Waals surface area contributed by atoms with Crippen LogP contribution in [-0.2, 0) is 13.1 Å². The van der Waals surface area contributed by atoms with E-state index in [1.165, 1.54) is 52.3 Å². The molecule has 0 radical (unpaired) electrons. The average molecular weight is 337 g/mol. The lowest BCUT2D eigenvalue weighted by atomic mass is 10.1. The summed E-state index contributed by atoms with van der Waals surface area (Å²) in [6, 6.07) is 15.9. The van der Waals surface area contributed by atoms with E-state index in [9.17, 15) is 0 Å². The molecule has 0 aliphatic heterocycles. The van der Waals surface area contributed by atoms with E-state index in [-0.39, 0.29) is 0 Å². The second-order valence-corrected chi connectivity index (χ2v) is 7.06. The maximum absolute atomic E-state index is 3.27. The van der Waals surface area contributed by atoms with Gasteiger partial charge >= 0.3 is 0 Å². The van der Waals surface area contributed by atoms with Crippen molar-refractivity contribution in [3.63, 3.8) is 0 Å². The molecule has 2 aromatic carbocycles. The first-order chi connectivity index (χ1) is 12.1. The van der Waals surface area contributed by atoms with Crippen LogP contribution in [0.5, 0.6) is 0 Å². The highest BCUT2D eigenvalue weighted by Gasteiger charge is 2.16. The van der Waals surface area contributed by atoms with Gasteiger partial charge in [0.1, 0.15) is 6.54 Å². The molecule has 1 heterocycles. The highest BCUT2D eigenvalue weighted by atomic mass is 15.1. The minimum Gasteiger partial charge on any atom is -0.377 e. The van der Waals surface area contributed by atoms with Gasteiger partial charge in [-0.3, -0.25) is 0 Å². The summed E-state index contributed by atoms with van der Waals surface area (Å²) in [6.07, 6.45) is 3.74. The fourth-order valence-electron chi connectivity index (χ4n) is 3.48. The Kier molecular flexibility index (Phi) is 5.54. The zero-order valence-electron chi connectivity index (χ0n) is 16.0.